The summed E-state index contributed by atoms with van der Waals surface area (Å²) >= 11 is 0. The summed E-state index contributed by atoms with van der Waals surface area (Å²) < 4.78 is 2.06. The van der Waals surface area contributed by atoms with Gasteiger partial charge in [-0.1, -0.05) is 38.0 Å². The van der Waals surface area contributed by atoms with E-state index in [1.807, 2.05) is 24.3 Å². The van der Waals surface area contributed by atoms with Crippen LogP contribution in [-0.2, 0) is 6.54 Å². The van der Waals surface area contributed by atoms with Crippen LogP contribution in [0.5, 0.6) is 0 Å². The zero-order valence-electron chi connectivity index (χ0n) is 12.9. The number of hydrogen-bond acceptors (Lipinski definition) is 2. The maximum absolute atomic E-state index is 5.90. The number of hydrogen-bond donors (Lipinski definition) is 1. The molecule has 0 amide bonds. The fourth-order valence-corrected chi connectivity index (χ4v) is 2.66. The number of nitrogens with two attached hydrogens (primary N) is 1. The average Bonchev–Trinajstić information content (AvgIpc) is 2.86. The van der Waals surface area contributed by atoms with Crippen molar-refractivity contribution in [3.05, 3.63) is 48.0 Å². The molecule has 0 atom stereocenters. The largest absolute Gasteiger partial charge is 0.399 e. The quantitative estimate of drug-likeness (QED) is 0.584. The van der Waals surface area contributed by atoms with E-state index in [0.29, 0.717) is 12.5 Å². The molecule has 0 aliphatic heterocycles. The van der Waals surface area contributed by atoms with Gasteiger partial charge >= 0.3 is 0 Å². The highest BCUT2D eigenvalue weighted by atomic mass is 15.1. The van der Waals surface area contributed by atoms with E-state index in [1.54, 1.807) is 0 Å². The minimum absolute atomic E-state index is 0.470. The second kappa shape index (κ2) is 5.57. The molecule has 3 heteroatoms. The number of nitrogens with zero attached hydrogens (tertiary/aromatic N) is 2. The molecular formula is C19H19N3. The molecule has 2 N–H and O–H groups in total. The Balaban J connectivity index is 2.25. The molecule has 0 radical (unpaired) electrons. The molecule has 1 aromatic heterocycles. The highest BCUT2D eigenvalue weighted by Gasteiger charge is 2.13. The number of fused-ring (bicyclic) bond motifs is 1. The van der Waals surface area contributed by atoms with Gasteiger partial charge in [0, 0.05) is 11.3 Å². The summed E-state index contributed by atoms with van der Waals surface area (Å²) in [6, 6.07) is 14.1. The third-order valence-corrected chi connectivity index (χ3v) is 3.83. The fraction of sp³-hybridized carbons (Fsp3) is 0.211. The number of imidazole rings is 1. The molecule has 1 heterocycles. The predicted octanol–water partition coefficient (Wildman–Crippen LogP) is 4.04. The monoisotopic (exact) mass is 289 g/mol. The van der Waals surface area contributed by atoms with Gasteiger partial charge in [-0.05, 0) is 35.7 Å². The summed E-state index contributed by atoms with van der Waals surface area (Å²) in [5, 5.41) is 0. The van der Waals surface area contributed by atoms with Crippen LogP contribution in [0.2, 0.25) is 0 Å². The normalized spacial score (nSPS) is 11.0. The van der Waals surface area contributed by atoms with Crippen LogP contribution in [0.25, 0.3) is 22.4 Å². The molecule has 0 spiro atoms. The Labute approximate surface area is 130 Å². The molecule has 2 aromatic carbocycles. The molecule has 0 bridgehead atoms. The maximum Gasteiger partial charge on any atom is 0.142 e. The van der Waals surface area contributed by atoms with Gasteiger partial charge in [0.25, 0.3) is 0 Å². The first-order chi connectivity index (χ1) is 10.6. The molecule has 3 aromatic rings. The fourth-order valence-electron chi connectivity index (χ4n) is 2.66. The number of nitrogen functional groups attached to an aromatic ring is 1. The standard InChI is InChI=1S/C19H19N3/c1-4-10-22-18-9-8-14(13(2)3)12-17(18)21-19(22)15-6-5-7-16(20)11-15/h1,5-9,11-13H,10,20H2,2-3H3. The van der Waals surface area contributed by atoms with E-state index in [-0.39, 0.29) is 0 Å². The van der Waals surface area contributed by atoms with Gasteiger partial charge in [-0.2, -0.15) is 0 Å². The summed E-state index contributed by atoms with van der Waals surface area (Å²) in [7, 11) is 0. The Morgan fingerprint density at radius 3 is 2.73 bits per heavy atom. The van der Waals surface area contributed by atoms with Crippen LogP contribution in [0.4, 0.5) is 5.69 Å². The average molecular weight is 289 g/mol. The van der Waals surface area contributed by atoms with E-state index in [0.717, 1.165) is 28.1 Å². The van der Waals surface area contributed by atoms with Gasteiger partial charge < -0.3 is 10.3 Å². The second-order valence-corrected chi connectivity index (χ2v) is 5.75. The SMILES string of the molecule is C#CCn1c(-c2cccc(N)c2)nc2cc(C(C)C)ccc21. The Morgan fingerprint density at radius 2 is 2.05 bits per heavy atom. The van der Waals surface area contributed by atoms with Gasteiger partial charge in [0.2, 0.25) is 0 Å². The summed E-state index contributed by atoms with van der Waals surface area (Å²) in [4.78, 5) is 4.80. The molecule has 0 saturated heterocycles. The number of terminal acetylenes is 1. The molecule has 0 saturated carbocycles. The zero-order valence-corrected chi connectivity index (χ0v) is 12.9. The van der Waals surface area contributed by atoms with Gasteiger partial charge in [-0.15, -0.1) is 6.42 Å². The van der Waals surface area contributed by atoms with Gasteiger partial charge in [-0.3, -0.25) is 0 Å². The van der Waals surface area contributed by atoms with Gasteiger partial charge in [0.05, 0.1) is 17.6 Å². The molecular weight excluding hydrogens is 270 g/mol. The van der Waals surface area contributed by atoms with Crippen molar-refractivity contribution in [3.8, 4) is 23.7 Å². The first kappa shape index (κ1) is 14.2. The van der Waals surface area contributed by atoms with E-state index in [2.05, 4.69) is 42.5 Å². The van der Waals surface area contributed by atoms with Crippen molar-refractivity contribution in [3.63, 3.8) is 0 Å². The summed E-state index contributed by atoms with van der Waals surface area (Å²) in [6.07, 6.45) is 5.54. The van der Waals surface area contributed by atoms with E-state index < -0.39 is 0 Å². The lowest BCUT2D eigenvalue weighted by Crippen LogP contribution is -1.99. The van der Waals surface area contributed by atoms with Crippen molar-refractivity contribution < 1.29 is 0 Å². The van der Waals surface area contributed by atoms with E-state index >= 15 is 0 Å². The Bertz CT molecular complexity index is 866. The van der Waals surface area contributed by atoms with Gasteiger partial charge in [0.1, 0.15) is 5.82 Å². The van der Waals surface area contributed by atoms with Crippen LogP contribution in [0.3, 0.4) is 0 Å². The first-order valence-corrected chi connectivity index (χ1v) is 7.39. The summed E-state index contributed by atoms with van der Waals surface area (Å²) in [5.74, 6) is 4.05. The molecule has 0 aliphatic carbocycles. The Hall–Kier alpha value is -2.73. The van der Waals surface area contributed by atoms with Crippen LogP contribution in [0.1, 0.15) is 25.3 Å². The van der Waals surface area contributed by atoms with Crippen LogP contribution in [-0.4, -0.2) is 9.55 Å². The molecule has 3 nitrogen and oxygen atoms in total. The molecule has 22 heavy (non-hydrogen) atoms. The lowest BCUT2D eigenvalue weighted by molar-refractivity contribution is 0.866. The summed E-state index contributed by atoms with van der Waals surface area (Å²) in [5.41, 5.74) is 10.9. The first-order valence-electron chi connectivity index (χ1n) is 7.39. The highest BCUT2D eigenvalue weighted by molar-refractivity contribution is 5.82. The minimum Gasteiger partial charge on any atom is -0.399 e. The predicted molar refractivity (Wildman–Crippen MR) is 92.5 cm³/mol. The highest BCUT2D eigenvalue weighted by Crippen LogP contribution is 2.28. The number of anilines is 1. The molecule has 3 rings (SSSR count). The van der Waals surface area contributed by atoms with Crippen molar-refractivity contribution in [1.29, 1.82) is 0 Å². The van der Waals surface area contributed by atoms with Crippen LogP contribution >= 0.6 is 0 Å². The van der Waals surface area contributed by atoms with Crippen molar-refractivity contribution in [1.82, 2.24) is 9.55 Å². The number of benzene rings is 2. The lowest BCUT2D eigenvalue weighted by atomic mass is 10.0. The smallest absolute Gasteiger partial charge is 0.142 e. The third kappa shape index (κ3) is 2.44. The van der Waals surface area contributed by atoms with Gasteiger partial charge in [0.15, 0.2) is 0 Å². The Kier molecular flexibility index (Phi) is 3.60. The van der Waals surface area contributed by atoms with E-state index in [4.69, 9.17) is 17.1 Å². The Morgan fingerprint density at radius 1 is 1.23 bits per heavy atom. The number of aromatic nitrogens is 2. The van der Waals surface area contributed by atoms with Crippen molar-refractivity contribution in [2.24, 2.45) is 0 Å². The lowest BCUT2D eigenvalue weighted by Gasteiger charge is -2.07. The van der Waals surface area contributed by atoms with Crippen molar-refractivity contribution in [2.75, 3.05) is 5.73 Å². The van der Waals surface area contributed by atoms with E-state index in [9.17, 15) is 0 Å². The van der Waals surface area contributed by atoms with Crippen LogP contribution in [0, 0.1) is 12.3 Å². The van der Waals surface area contributed by atoms with Crippen LogP contribution < -0.4 is 5.73 Å². The molecule has 0 fully saturated rings. The second-order valence-electron chi connectivity index (χ2n) is 5.75. The van der Waals surface area contributed by atoms with E-state index in [1.165, 1.54) is 5.56 Å². The van der Waals surface area contributed by atoms with Gasteiger partial charge in [-0.25, -0.2) is 4.98 Å². The molecule has 0 unspecified atom stereocenters. The van der Waals surface area contributed by atoms with Crippen molar-refractivity contribution in [2.45, 2.75) is 26.3 Å². The number of rotatable bonds is 3. The molecule has 0 aliphatic rings. The molecule has 110 valence electrons. The van der Waals surface area contributed by atoms with Crippen molar-refractivity contribution >= 4 is 16.7 Å². The maximum atomic E-state index is 5.90. The summed E-state index contributed by atoms with van der Waals surface area (Å²) in [6.45, 7) is 4.85. The third-order valence-electron chi connectivity index (χ3n) is 3.83. The topological polar surface area (TPSA) is 43.8 Å². The zero-order chi connectivity index (χ0) is 15.7. The van der Waals surface area contributed by atoms with Crippen LogP contribution in [0.15, 0.2) is 42.5 Å². The minimum atomic E-state index is 0.470.